The highest BCUT2D eigenvalue weighted by molar-refractivity contribution is 6.25. The normalized spacial score (nSPS) is 28.8. The maximum Gasteiger partial charge on any atom is 0.236 e. The van der Waals surface area contributed by atoms with Gasteiger partial charge in [0, 0.05) is 40.9 Å². The van der Waals surface area contributed by atoms with Crippen LogP contribution in [0.4, 0.5) is 0 Å². The maximum atomic E-state index is 13.8. The molecule has 6 atom stereocenters. The Morgan fingerprint density at radius 1 is 1.23 bits per heavy atom. The van der Waals surface area contributed by atoms with Gasteiger partial charge in [0.25, 0.3) is 0 Å². The zero-order chi connectivity index (χ0) is 29.2. The number of piperazine rings is 1. The van der Waals surface area contributed by atoms with Crippen LogP contribution in [0.3, 0.4) is 0 Å². The average molecular weight is 550 g/mol. The van der Waals surface area contributed by atoms with Crippen molar-refractivity contribution in [1.29, 1.82) is 5.26 Å². The van der Waals surface area contributed by atoms with E-state index >= 15 is 0 Å². The van der Waals surface area contributed by atoms with E-state index in [-0.39, 0.29) is 47.4 Å². The van der Waals surface area contributed by atoms with E-state index in [4.69, 9.17) is 15.2 Å². The van der Waals surface area contributed by atoms with E-state index in [0.717, 1.165) is 11.1 Å². The third-order valence-corrected chi connectivity index (χ3v) is 8.95. The second kappa shape index (κ2) is 10.0. The minimum absolute atomic E-state index is 0.0256. The van der Waals surface area contributed by atoms with E-state index < -0.39 is 41.9 Å². The number of ether oxygens (including phenoxy) is 2. The average Bonchev–Trinajstić information content (AvgIpc) is 2.91. The number of likely N-dealkylation sites (N-methyl/N-ethyl adjacent to an activating group) is 1. The number of aryl methyl sites for hydroxylation is 1. The van der Waals surface area contributed by atoms with Crippen molar-refractivity contribution in [2.24, 2.45) is 5.73 Å². The van der Waals surface area contributed by atoms with Crippen molar-refractivity contribution in [2.75, 3.05) is 27.8 Å². The van der Waals surface area contributed by atoms with Gasteiger partial charge in [-0.3, -0.25) is 24.2 Å². The van der Waals surface area contributed by atoms with Gasteiger partial charge in [-0.1, -0.05) is 6.07 Å². The molecule has 0 radical (unpaired) electrons. The van der Waals surface area contributed by atoms with Crippen LogP contribution in [-0.2, 0) is 25.5 Å². The number of carbonyl (C=O) groups is 3. The van der Waals surface area contributed by atoms with Gasteiger partial charge in [-0.05, 0) is 51.8 Å². The Morgan fingerprint density at radius 3 is 2.52 bits per heavy atom. The number of hydrogen-bond donors (Lipinski definition) is 3. The van der Waals surface area contributed by atoms with Crippen LogP contribution in [0.15, 0.2) is 28.5 Å². The predicted octanol–water partition coefficient (Wildman–Crippen LogP) is 0.788. The Balaban J connectivity index is 1.72. The molecule has 2 bridgehead atoms. The summed E-state index contributed by atoms with van der Waals surface area (Å²) in [5.41, 5.74) is 9.01. The lowest BCUT2D eigenvalue weighted by Gasteiger charge is -2.60. The molecule has 1 aromatic rings. The van der Waals surface area contributed by atoms with Gasteiger partial charge in [0.05, 0.1) is 38.4 Å². The highest BCUT2D eigenvalue weighted by atomic mass is 16.5. The molecule has 0 aromatic heterocycles. The van der Waals surface area contributed by atoms with E-state index in [1.807, 2.05) is 24.9 Å². The number of allylic oxidation sites excluding steroid dienone is 2. The standard InChI is InChI=1S/C29H35N5O6/c1-12-7-15-8-17-19(10-30)34-18(23(33(17)4)21(15)25(36)27(12)39-5)9-16-22(20(34)11-32-29(38)14(3)31)26(37)28(40-6)13(2)24(16)35/h7,14,17-20,23,36H,8-9,11,31H2,1-6H3,(H,32,38)/t14-,17?,18+,19+,20?,23?/m1/s1. The summed E-state index contributed by atoms with van der Waals surface area (Å²) in [4.78, 5) is 44.1. The number of methoxy groups -OCH3 is 2. The number of carbonyl (C=O) groups excluding carboxylic acids is 3. The van der Waals surface area contributed by atoms with Crippen LogP contribution in [0.1, 0.15) is 43.0 Å². The SMILES string of the molecule is COC1=C(C)C(=O)C2=C(C1=O)C(CNC(=O)[C@@H](C)N)N1[C@@H](C#N)C3Cc4cc(C)c(OC)c(O)c4C([C@@H]1C2)N3C. The van der Waals surface area contributed by atoms with Crippen LogP contribution in [-0.4, -0.2) is 90.4 Å². The number of nitrogens with two attached hydrogens (primary N) is 1. The zero-order valence-electron chi connectivity index (χ0n) is 23.6. The van der Waals surface area contributed by atoms with E-state index in [1.54, 1.807) is 13.8 Å². The van der Waals surface area contributed by atoms with E-state index in [0.29, 0.717) is 23.3 Å². The second-order valence-corrected chi connectivity index (χ2v) is 11.1. The number of nitriles is 1. The van der Waals surface area contributed by atoms with Gasteiger partial charge < -0.3 is 25.6 Å². The molecule has 1 fully saturated rings. The number of Topliss-reactive ketones (excluding diaryl/α,β-unsaturated/α-hetero) is 2. The monoisotopic (exact) mass is 549 g/mol. The highest BCUT2D eigenvalue weighted by Gasteiger charge is 2.57. The van der Waals surface area contributed by atoms with Gasteiger partial charge in [-0.2, -0.15) is 5.26 Å². The number of fused-ring (bicyclic) bond motifs is 6. The first-order chi connectivity index (χ1) is 19.0. The van der Waals surface area contributed by atoms with E-state index in [1.165, 1.54) is 14.2 Å². The molecule has 11 heteroatoms. The van der Waals surface area contributed by atoms with Crippen molar-refractivity contribution in [3.8, 4) is 17.6 Å². The van der Waals surface area contributed by atoms with Gasteiger partial charge in [0.15, 0.2) is 23.0 Å². The van der Waals surface area contributed by atoms with Crippen LogP contribution < -0.4 is 15.8 Å². The fraction of sp³-hybridized carbons (Fsp3) is 0.517. The molecule has 40 heavy (non-hydrogen) atoms. The van der Waals surface area contributed by atoms with Gasteiger partial charge in [-0.15, -0.1) is 0 Å². The van der Waals surface area contributed by atoms with Gasteiger partial charge in [0.1, 0.15) is 6.04 Å². The van der Waals surface area contributed by atoms with Gasteiger partial charge in [-0.25, -0.2) is 0 Å². The van der Waals surface area contributed by atoms with Crippen LogP contribution in [0.25, 0.3) is 0 Å². The summed E-state index contributed by atoms with van der Waals surface area (Å²) in [5, 5.41) is 24.8. The number of nitrogens with one attached hydrogen (secondary N) is 1. The first-order valence-electron chi connectivity index (χ1n) is 13.4. The lowest BCUT2D eigenvalue weighted by Crippen LogP contribution is -2.71. The van der Waals surface area contributed by atoms with Crippen molar-refractivity contribution in [3.05, 3.63) is 45.2 Å². The minimum Gasteiger partial charge on any atom is -0.504 e. The molecule has 3 aliphatic heterocycles. The first-order valence-corrected chi connectivity index (χ1v) is 13.4. The molecule has 5 rings (SSSR count). The lowest BCUT2D eigenvalue weighted by atomic mass is 9.69. The first kappa shape index (κ1) is 27.8. The lowest BCUT2D eigenvalue weighted by molar-refractivity contribution is -0.125. The van der Waals surface area contributed by atoms with E-state index in [9.17, 15) is 24.8 Å². The number of hydrogen-bond acceptors (Lipinski definition) is 10. The Labute approximate surface area is 233 Å². The Hall–Kier alpha value is -3.72. The smallest absolute Gasteiger partial charge is 0.236 e. The number of benzene rings is 1. The van der Waals surface area contributed by atoms with Crippen LogP contribution in [0.5, 0.6) is 11.5 Å². The maximum absolute atomic E-state index is 13.8. The molecule has 3 heterocycles. The molecule has 11 nitrogen and oxygen atoms in total. The number of amides is 1. The molecule has 0 saturated carbocycles. The van der Waals surface area contributed by atoms with Gasteiger partial charge in [0.2, 0.25) is 11.7 Å². The molecule has 212 valence electrons. The van der Waals surface area contributed by atoms with Crippen molar-refractivity contribution >= 4 is 17.5 Å². The van der Waals surface area contributed by atoms with Crippen LogP contribution in [0, 0.1) is 18.3 Å². The molecular weight excluding hydrogens is 514 g/mol. The van der Waals surface area contributed by atoms with Gasteiger partial charge >= 0.3 is 0 Å². The third-order valence-electron chi connectivity index (χ3n) is 8.95. The zero-order valence-corrected chi connectivity index (χ0v) is 23.6. The Morgan fingerprint density at radius 2 is 1.93 bits per heavy atom. The number of nitrogens with zero attached hydrogens (tertiary/aromatic N) is 3. The van der Waals surface area contributed by atoms with Crippen LogP contribution in [0.2, 0.25) is 0 Å². The van der Waals surface area contributed by atoms with Crippen molar-refractivity contribution in [3.63, 3.8) is 0 Å². The number of aromatic hydroxyl groups is 1. The number of phenolic OH excluding ortho intramolecular Hbond substituents is 1. The van der Waals surface area contributed by atoms with Crippen LogP contribution >= 0.6 is 0 Å². The summed E-state index contributed by atoms with van der Waals surface area (Å²) in [7, 11) is 4.78. The van der Waals surface area contributed by atoms with Crippen molar-refractivity contribution < 1.29 is 29.0 Å². The molecule has 4 N–H and O–H groups in total. The predicted molar refractivity (Wildman–Crippen MR) is 144 cm³/mol. The summed E-state index contributed by atoms with van der Waals surface area (Å²) >= 11 is 0. The number of phenols is 1. The number of rotatable bonds is 5. The van der Waals surface area contributed by atoms with E-state index in [2.05, 4.69) is 16.3 Å². The summed E-state index contributed by atoms with van der Waals surface area (Å²) in [5.74, 6) is -0.749. The molecule has 4 aliphatic rings. The molecule has 1 saturated heterocycles. The van der Waals surface area contributed by atoms with Crippen molar-refractivity contribution in [1.82, 2.24) is 15.1 Å². The summed E-state index contributed by atoms with van der Waals surface area (Å²) in [6.45, 7) is 4.97. The summed E-state index contributed by atoms with van der Waals surface area (Å²) < 4.78 is 10.9. The molecule has 3 unspecified atom stereocenters. The second-order valence-electron chi connectivity index (χ2n) is 11.1. The quantitative estimate of drug-likeness (QED) is 0.448. The fourth-order valence-corrected chi connectivity index (χ4v) is 7.17. The summed E-state index contributed by atoms with van der Waals surface area (Å²) in [6, 6.07) is 1.07. The molecule has 1 aromatic carbocycles. The Kier molecular flexibility index (Phi) is 6.98. The highest BCUT2D eigenvalue weighted by Crippen LogP contribution is 2.53. The minimum atomic E-state index is -0.787. The van der Waals surface area contributed by atoms with Crippen molar-refractivity contribution in [2.45, 2.75) is 69.9 Å². The Bertz CT molecular complexity index is 1420. The molecular formula is C29H35N5O6. The third kappa shape index (κ3) is 3.85. The summed E-state index contributed by atoms with van der Waals surface area (Å²) in [6.07, 6.45) is 0.670. The largest absolute Gasteiger partial charge is 0.504 e. The molecule has 0 spiro atoms. The fourth-order valence-electron chi connectivity index (χ4n) is 7.17. The topological polar surface area (TPSA) is 158 Å². The number of ketones is 2. The molecule has 1 amide bonds. The molecule has 1 aliphatic carbocycles.